The number of benzene rings is 2. The highest BCUT2D eigenvalue weighted by Gasteiger charge is 2.11. The molecule has 3 rings (SSSR count). The van der Waals surface area contributed by atoms with Crippen LogP contribution in [0.1, 0.15) is 16.7 Å². The number of hydrogen-bond acceptors (Lipinski definition) is 5. The lowest BCUT2D eigenvalue weighted by Crippen LogP contribution is -2.13. The number of methoxy groups -OCH3 is 3. The van der Waals surface area contributed by atoms with E-state index >= 15 is 0 Å². The fourth-order valence-electron chi connectivity index (χ4n) is 2.93. The summed E-state index contributed by atoms with van der Waals surface area (Å²) in [6.45, 7) is 2.13. The minimum atomic E-state index is 0.646. The number of hydrogen-bond donors (Lipinski definition) is 1. The smallest absolute Gasteiger partial charge is 0.164 e. The minimum Gasteiger partial charge on any atom is -0.496 e. The van der Waals surface area contributed by atoms with Crippen LogP contribution in [-0.4, -0.2) is 31.1 Å². The molecule has 6 nitrogen and oxygen atoms in total. The van der Waals surface area contributed by atoms with Gasteiger partial charge in [0, 0.05) is 36.5 Å². The molecule has 0 unspecified atom stereocenters. The number of ether oxygens (including phenoxy) is 3. The van der Waals surface area contributed by atoms with Crippen molar-refractivity contribution in [3.05, 3.63) is 71.5 Å². The van der Waals surface area contributed by atoms with Gasteiger partial charge in [0.2, 0.25) is 0 Å². The van der Waals surface area contributed by atoms with Crippen molar-refractivity contribution in [2.24, 2.45) is 0 Å². The number of aromatic nitrogens is 2. The molecule has 0 fully saturated rings. The van der Waals surface area contributed by atoms with E-state index in [1.54, 1.807) is 21.3 Å². The van der Waals surface area contributed by atoms with Gasteiger partial charge in [0.1, 0.15) is 5.75 Å². The lowest BCUT2D eigenvalue weighted by Gasteiger charge is -2.14. The summed E-state index contributed by atoms with van der Waals surface area (Å²) in [6.07, 6.45) is 3.95. The second-order valence-electron chi connectivity index (χ2n) is 6.15. The lowest BCUT2D eigenvalue weighted by molar-refractivity contribution is 0.347. The molecule has 142 valence electrons. The Balaban J connectivity index is 1.60. The number of nitrogens with zero attached hydrogens (tertiary/aromatic N) is 2. The van der Waals surface area contributed by atoms with E-state index in [0.717, 1.165) is 23.4 Å². The molecule has 0 amide bonds. The Morgan fingerprint density at radius 3 is 2.26 bits per heavy atom. The van der Waals surface area contributed by atoms with Crippen LogP contribution in [0.5, 0.6) is 17.2 Å². The zero-order valence-corrected chi connectivity index (χ0v) is 15.9. The number of rotatable bonds is 9. The van der Waals surface area contributed by atoms with Crippen molar-refractivity contribution in [1.82, 2.24) is 15.1 Å². The van der Waals surface area contributed by atoms with Gasteiger partial charge < -0.3 is 19.5 Å². The Labute approximate surface area is 159 Å². The third kappa shape index (κ3) is 4.80. The van der Waals surface area contributed by atoms with Gasteiger partial charge in [-0.05, 0) is 11.6 Å². The highest BCUT2D eigenvalue weighted by atomic mass is 16.5. The molecule has 0 spiro atoms. The topological polar surface area (TPSA) is 57.5 Å². The third-order valence-electron chi connectivity index (χ3n) is 4.31. The van der Waals surface area contributed by atoms with Crippen LogP contribution < -0.4 is 19.5 Å². The first kappa shape index (κ1) is 18.8. The molecule has 1 N–H and O–H groups in total. The Morgan fingerprint density at radius 2 is 1.56 bits per heavy atom. The summed E-state index contributed by atoms with van der Waals surface area (Å²) < 4.78 is 18.1. The Bertz CT molecular complexity index is 862. The molecule has 27 heavy (non-hydrogen) atoms. The van der Waals surface area contributed by atoms with Crippen LogP contribution in [0.4, 0.5) is 0 Å². The van der Waals surface area contributed by atoms with Crippen molar-refractivity contribution in [3.8, 4) is 17.2 Å². The monoisotopic (exact) mass is 367 g/mol. The summed E-state index contributed by atoms with van der Waals surface area (Å²) in [6, 6.07) is 14.1. The maximum atomic E-state index is 5.47. The summed E-state index contributed by atoms with van der Waals surface area (Å²) in [7, 11) is 4.89. The molecular formula is C21H25N3O3. The minimum absolute atomic E-state index is 0.646. The van der Waals surface area contributed by atoms with E-state index < -0.39 is 0 Å². The summed E-state index contributed by atoms with van der Waals surface area (Å²) in [5, 5.41) is 7.87. The first-order valence-corrected chi connectivity index (χ1v) is 8.78. The first-order chi connectivity index (χ1) is 13.2. The van der Waals surface area contributed by atoms with Crippen LogP contribution in [0, 0.1) is 0 Å². The SMILES string of the molecule is COc1cc(OC)c(OC)cc1CNCc1cnn(Cc2ccccc2)c1. The molecule has 1 heterocycles. The van der Waals surface area contributed by atoms with Gasteiger partial charge >= 0.3 is 0 Å². The van der Waals surface area contributed by atoms with E-state index in [4.69, 9.17) is 14.2 Å². The van der Waals surface area contributed by atoms with Crippen molar-refractivity contribution in [3.63, 3.8) is 0 Å². The van der Waals surface area contributed by atoms with Crippen molar-refractivity contribution in [1.29, 1.82) is 0 Å². The normalized spacial score (nSPS) is 10.6. The molecule has 1 aromatic heterocycles. The van der Waals surface area contributed by atoms with Gasteiger partial charge in [-0.1, -0.05) is 30.3 Å². The second kappa shape index (κ2) is 9.09. The maximum Gasteiger partial charge on any atom is 0.164 e. The molecule has 0 radical (unpaired) electrons. The molecule has 3 aromatic rings. The molecule has 0 aliphatic rings. The van der Waals surface area contributed by atoms with Crippen molar-refractivity contribution >= 4 is 0 Å². The summed E-state index contributed by atoms with van der Waals surface area (Å²) in [4.78, 5) is 0. The average molecular weight is 367 g/mol. The Hall–Kier alpha value is -2.99. The predicted octanol–water partition coefficient (Wildman–Crippen LogP) is 3.25. The molecule has 2 aromatic carbocycles. The molecule has 0 bridgehead atoms. The summed E-state index contributed by atoms with van der Waals surface area (Å²) in [5.41, 5.74) is 3.37. The van der Waals surface area contributed by atoms with E-state index in [2.05, 4.69) is 28.7 Å². The molecular weight excluding hydrogens is 342 g/mol. The highest BCUT2D eigenvalue weighted by molar-refractivity contribution is 5.50. The van der Waals surface area contributed by atoms with E-state index in [1.165, 1.54) is 5.56 Å². The van der Waals surface area contributed by atoms with Gasteiger partial charge in [0.05, 0.1) is 34.1 Å². The predicted molar refractivity (Wildman–Crippen MR) is 104 cm³/mol. The van der Waals surface area contributed by atoms with Gasteiger partial charge in [0.15, 0.2) is 11.5 Å². The molecule has 0 aliphatic carbocycles. The third-order valence-corrected chi connectivity index (χ3v) is 4.31. The van der Waals surface area contributed by atoms with Crippen LogP contribution in [0.15, 0.2) is 54.9 Å². The quantitative estimate of drug-likeness (QED) is 0.629. The first-order valence-electron chi connectivity index (χ1n) is 8.78. The zero-order valence-electron chi connectivity index (χ0n) is 15.9. The molecule has 0 aliphatic heterocycles. The summed E-state index contributed by atoms with van der Waals surface area (Å²) in [5.74, 6) is 2.10. The van der Waals surface area contributed by atoms with Crippen LogP contribution >= 0.6 is 0 Å². The molecule has 0 atom stereocenters. The van der Waals surface area contributed by atoms with Gasteiger partial charge in [-0.15, -0.1) is 0 Å². The Kier molecular flexibility index (Phi) is 6.33. The van der Waals surface area contributed by atoms with Crippen LogP contribution in [0.3, 0.4) is 0 Å². The maximum absolute atomic E-state index is 5.47. The Morgan fingerprint density at radius 1 is 0.852 bits per heavy atom. The van der Waals surface area contributed by atoms with E-state index in [1.807, 2.05) is 41.2 Å². The van der Waals surface area contributed by atoms with Gasteiger partial charge in [-0.3, -0.25) is 4.68 Å². The van der Waals surface area contributed by atoms with Crippen LogP contribution in [-0.2, 0) is 19.6 Å². The van der Waals surface area contributed by atoms with Crippen molar-refractivity contribution in [2.75, 3.05) is 21.3 Å². The average Bonchev–Trinajstić information content (AvgIpc) is 3.15. The van der Waals surface area contributed by atoms with Gasteiger partial charge in [-0.2, -0.15) is 5.10 Å². The lowest BCUT2D eigenvalue weighted by atomic mass is 10.1. The fourth-order valence-corrected chi connectivity index (χ4v) is 2.93. The zero-order chi connectivity index (χ0) is 19.1. The van der Waals surface area contributed by atoms with Crippen molar-refractivity contribution in [2.45, 2.75) is 19.6 Å². The highest BCUT2D eigenvalue weighted by Crippen LogP contribution is 2.34. The van der Waals surface area contributed by atoms with Gasteiger partial charge in [0.25, 0.3) is 0 Å². The fraction of sp³-hybridized carbons (Fsp3) is 0.286. The largest absolute Gasteiger partial charge is 0.496 e. The van der Waals surface area contributed by atoms with E-state index in [9.17, 15) is 0 Å². The van der Waals surface area contributed by atoms with Crippen molar-refractivity contribution < 1.29 is 14.2 Å². The second-order valence-corrected chi connectivity index (χ2v) is 6.15. The van der Waals surface area contributed by atoms with Gasteiger partial charge in [-0.25, -0.2) is 0 Å². The molecule has 6 heteroatoms. The van der Waals surface area contributed by atoms with Crippen LogP contribution in [0.2, 0.25) is 0 Å². The molecule has 0 saturated carbocycles. The van der Waals surface area contributed by atoms with E-state index in [0.29, 0.717) is 24.6 Å². The number of nitrogens with one attached hydrogen (secondary N) is 1. The molecule has 0 saturated heterocycles. The summed E-state index contributed by atoms with van der Waals surface area (Å²) >= 11 is 0. The van der Waals surface area contributed by atoms with E-state index in [-0.39, 0.29) is 0 Å². The van der Waals surface area contributed by atoms with Crippen LogP contribution in [0.25, 0.3) is 0 Å². The standard InChI is InChI=1S/C21H25N3O3/c1-25-19-10-21(27-3)20(26-2)9-18(19)13-22-11-17-12-23-24(15-17)14-16-7-5-4-6-8-16/h4-10,12,15,22H,11,13-14H2,1-3H3.